The highest BCUT2D eigenvalue weighted by Crippen LogP contribution is 2.17. The van der Waals surface area contributed by atoms with E-state index in [1.165, 1.54) is 0 Å². The summed E-state index contributed by atoms with van der Waals surface area (Å²) in [5, 5.41) is 2.65. The molecule has 0 atom stereocenters. The topological polar surface area (TPSA) is 52.7 Å². The summed E-state index contributed by atoms with van der Waals surface area (Å²) in [6.45, 7) is 8.09. The molecule has 116 valence electrons. The fraction of sp³-hybridized carbons (Fsp3) is 0.500. The van der Waals surface area contributed by atoms with Crippen molar-refractivity contribution in [2.24, 2.45) is 0 Å². The molecule has 1 aromatic rings. The highest BCUT2D eigenvalue weighted by Gasteiger charge is 2.29. The largest absolute Gasteiger partial charge is 0.378 e. The van der Waals surface area contributed by atoms with Gasteiger partial charge in [-0.25, -0.2) is 0 Å². The zero-order chi connectivity index (χ0) is 16.2. The highest BCUT2D eigenvalue weighted by atomic mass is 16.2. The number of hydrogen-bond donors (Lipinski definition) is 1. The van der Waals surface area contributed by atoms with Crippen LogP contribution in [0.3, 0.4) is 0 Å². The molecule has 0 spiro atoms. The van der Waals surface area contributed by atoms with Crippen molar-refractivity contribution in [3.05, 3.63) is 24.3 Å². The van der Waals surface area contributed by atoms with Crippen molar-refractivity contribution in [2.75, 3.05) is 30.9 Å². The van der Waals surface area contributed by atoms with Crippen molar-refractivity contribution in [1.29, 1.82) is 0 Å². The van der Waals surface area contributed by atoms with Crippen molar-refractivity contribution < 1.29 is 9.59 Å². The van der Waals surface area contributed by atoms with E-state index in [9.17, 15) is 9.59 Å². The molecule has 0 aromatic heterocycles. The maximum Gasteiger partial charge on any atom is 0.313 e. The number of carbonyl (C=O) groups excluding carboxylic acids is 2. The molecule has 21 heavy (non-hydrogen) atoms. The SMILES string of the molecule is CCN(C(=O)C(=O)Nc1ccc(N(C)C)cc1)C(C)(C)C. The second kappa shape index (κ2) is 6.61. The summed E-state index contributed by atoms with van der Waals surface area (Å²) in [5.41, 5.74) is 1.27. The maximum atomic E-state index is 12.2. The first-order valence-corrected chi connectivity index (χ1v) is 7.07. The third kappa shape index (κ3) is 4.48. The fourth-order valence-electron chi connectivity index (χ4n) is 2.07. The van der Waals surface area contributed by atoms with Crippen LogP contribution in [0.1, 0.15) is 27.7 Å². The quantitative estimate of drug-likeness (QED) is 0.870. The number of rotatable bonds is 3. The van der Waals surface area contributed by atoms with Crippen LogP contribution in [-0.4, -0.2) is 42.9 Å². The second-order valence-corrected chi connectivity index (χ2v) is 6.12. The molecule has 1 N–H and O–H groups in total. The van der Waals surface area contributed by atoms with Crippen LogP contribution in [0.25, 0.3) is 0 Å². The third-order valence-corrected chi connectivity index (χ3v) is 3.21. The van der Waals surface area contributed by atoms with Crippen LogP contribution >= 0.6 is 0 Å². The average Bonchev–Trinajstić information content (AvgIpc) is 2.38. The highest BCUT2D eigenvalue weighted by molar-refractivity contribution is 6.39. The van der Waals surface area contributed by atoms with E-state index in [1.54, 1.807) is 17.0 Å². The van der Waals surface area contributed by atoms with Gasteiger partial charge in [-0.3, -0.25) is 9.59 Å². The van der Waals surface area contributed by atoms with Crippen LogP contribution in [-0.2, 0) is 9.59 Å². The van der Waals surface area contributed by atoms with Gasteiger partial charge < -0.3 is 15.1 Å². The number of nitrogens with one attached hydrogen (secondary N) is 1. The van der Waals surface area contributed by atoms with Crippen molar-refractivity contribution in [3.8, 4) is 0 Å². The standard InChI is InChI=1S/C16H25N3O2/c1-7-19(16(2,3)4)15(21)14(20)17-12-8-10-13(11-9-12)18(5)6/h8-11H,7H2,1-6H3,(H,17,20). The molecule has 0 saturated heterocycles. The van der Waals surface area contributed by atoms with E-state index in [4.69, 9.17) is 0 Å². The monoisotopic (exact) mass is 291 g/mol. The van der Waals surface area contributed by atoms with Gasteiger partial charge in [-0.2, -0.15) is 0 Å². The molecule has 0 aliphatic rings. The van der Waals surface area contributed by atoms with Gasteiger partial charge in [0.2, 0.25) is 0 Å². The first kappa shape index (κ1) is 17.0. The summed E-state index contributed by atoms with van der Waals surface area (Å²) in [4.78, 5) is 27.8. The zero-order valence-electron chi connectivity index (χ0n) is 13.7. The lowest BCUT2D eigenvalue weighted by Gasteiger charge is -2.34. The summed E-state index contributed by atoms with van der Waals surface area (Å²) < 4.78 is 0. The van der Waals surface area contributed by atoms with Crippen LogP contribution in [0, 0.1) is 0 Å². The average molecular weight is 291 g/mol. The van der Waals surface area contributed by atoms with Crippen LogP contribution < -0.4 is 10.2 Å². The third-order valence-electron chi connectivity index (χ3n) is 3.21. The Hall–Kier alpha value is -2.04. The number of carbonyl (C=O) groups is 2. The molecule has 0 aliphatic carbocycles. The molecule has 0 radical (unpaired) electrons. The molecule has 2 amide bonds. The lowest BCUT2D eigenvalue weighted by molar-refractivity contribution is -0.146. The van der Waals surface area contributed by atoms with E-state index in [2.05, 4.69) is 5.32 Å². The first-order valence-electron chi connectivity index (χ1n) is 7.07. The molecular weight excluding hydrogens is 266 g/mol. The van der Waals surface area contributed by atoms with Crippen LogP contribution in [0.5, 0.6) is 0 Å². The minimum atomic E-state index is -0.607. The van der Waals surface area contributed by atoms with Crippen LogP contribution in [0.15, 0.2) is 24.3 Å². The maximum absolute atomic E-state index is 12.2. The molecule has 0 saturated carbocycles. The number of likely N-dealkylation sites (N-methyl/N-ethyl adjacent to an activating group) is 1. The van der Waals surface area contributed by atoms with Crippen molar-refractivity contribution in [2.45, 2.75) is 33.2 Å². The van der Waals surface area contributed by atoms with Crippen LogP contribution in [0.4, 0.5) is 11.4 Å². The second-order valence-electron chi connectivity index (χ2n) is 6.12. The number of benzene rings is 1. The van der Waals surface area contributed by atoms with Gasteiger partial charge in [0.25, 0.3) is 0 Å². The smallest absolute Gasteiger partial charge is 0.313 e. The molecule has 0 fully saturated rings. The van der Waals surface area contributed by atoms with Gasteiger partial charge in [0, 0.05) is 37.6 Å². The lowest BCUT2D eigenvalue weighted by atomic mass is 10.1. The van der Waals surface area contributed by atoms with Gasteiger partial charge in [0.1, 0.15) is 0 Å². The molecule has 5 heteroatoms. The molecule has 0 bridgehead atoms. The fourth-order valence-corrected chi connectivity index (χ4v) is 2.07. The summed E-state index contributed by atoms with van der Waals surface area (Å²) in [6, 6.07) is 7.35. The number of anilines is 2. The molecule has 5 nitrogen and oxygen atoms in total. The van der Waals surface area contributed by atoms with E-state index in [0.29, 0.717) is 12.2 Å². The first-order chi connectivity index (χ1) is 9.66. The molecule has 0 aliphatic heterocycles. The number of hydrogen-bond acceptors (Lipinski definition) is 3. The minimum absolute atomic E-state index is 0.377. The van der Waals surface area contributed by atoms with Crippen molar-refractivity contribution in [3.63, 3.8) is 0 Å². The predicted molar refractivity (Wildman–Crippen MR) is 86.5 cm³/mol. The summed E-state index contributed by atoms with van der Waals surface area (Å²) in [5.74, 6) is -1.12. The molecule has 0 unspecified atom stereocenters. The predicted octanol–water partition coefficient (Wildman–Crippen LogP) is 2.34. The zero-order valence-corrected chi connectivity index (χ0v) is 13.7. The number of amides is 2. The number of nitrogens with zero attached hydrogens (tertiary/aromatic N) is 2. The van der Waals surface area contributed by atoms with Crippen molar-refractivity contribution in [1.82, 2.24) is 4.90 Å². The van der Waals surface area contributed by atoms with Gasteiger partial charge in [-0.05, 0) is 52.0 Å². The van der Waals surface area contributed by atoms with Gasteiger partial charge in [-0.15, -0.1) is 0 Å². The normalized spacial score (nSPS) is 11.0. The van der Waals surface area contributed by atoms with E-state index in [1.807, 2.05) is 58.8 Å². The Kier molecular flexibility index (Phi) is 5.35. The minimum Gasteiger partial charge on any atom is -0.378 e. The van der Waals surface area contributed by atoms with Crippen LogP contribution in [0.2, 0.25) is 0 Å². The van der Waals surface area contributed by atoms with Crippen molar-refractivity contribution >= 4 is 23.2 Å². The van der Waals surface area contributed by atoms with E-state index >= 15 is 0 Å². The molecule has 1 aromatic carbocycles. The summed E-state index contributed by atoms with van der Waals surface area (Å²) in [7, 11) is 3.89. The van der Waals surface area contributed by atoms with E-state index in [-0.39, 0.29) is 5.54 Å². The van der Waals surface area contributed by atoms with E-state index < -0.39 is 11.8 Å². The lowest BCUT2D eigenvalue weighted by Crippen LogP contribution is -2.49. The Morgan fingerprint density at radius 1 is 1.10 bits per heavy atom. The Labute approximate surface area is 126 Å². The Bertz CT molecular complexity index is 501. The van der Waals surface area contributed by atoms with Gasteiger partial charge in [0.15, 0.2) is 0 Å². The molecule has 1 rings (SSSR count). The van der Waals surface area contributed by atoms with Gasteiger partial charge >= 0.3 is 11.8 Å². The Balaban J connectivity index is 2.78. The summed E-state index contributed by atoms with van der Waals surface area (Å²) >= 11 is 0. The molecule has 0 heterocycles. The molecular formula is C16H25N3O2. The Morgan fingerprint density at radius 2 is 1.62 bits per heavy atom. The van der Waals surface area contributed by atoms with Gasteiger partial charge in [0.05, 0.1) is 0 Å². The van der Waals surface area contributed by atoms with E-state index in [0.717, 1.165) is 5.69 Å². The van der Waals surface area contributed by atoms with Gasteiger partial charge in [-0.1, -0.05) is 0 Å². The Morgan fingerprint density at radius 3 is 2.00 bits per heavy atom. The summed E-state index contributed by atoms with van der Waals surface area (Å²) in [6.07, 6.45) is 0.